The van der Waals surface area contributed by atoms with E-state index in [4.69, 9.17) is 18.6 Å². The standard InChI is InChI=1S/C27H25NO8/c1-6-34-26(31)19-20(27(32)35-7-2)22(28-13-14(3)11-15(4)21(19)28)23(29)17-12-16-9-8-10-18(33-5)24(16)36-25(17)30/h8-13H,6-7H2,1-5H3. The van der Waals surface area contributed by atoms with Gasteiger partial charge in [-0.1, -0.05) is 18.2 Å². The van der Waals surface area contributed by atoms with Gasteiger partial charge in [-0.05, 0) is 51.0 Å². The van der Waals surface area contributed by atoms with E-state index in [0.29, 0.717) is 22.2 Å². The fourth-order valence-electron chi connectivity index (χ4n) is 4.35. The van der Waals surface area contributed by atoms with Crippen LogP contribution < -0.4 is 10.4 Å². The van der Waals surface area contributed by atoms with Crippen LogP contribution in [0.5, 0.6) is 5.75 Å². The molecule has 0 aliphatic carbocycles. The van der Waals surface area contributed by atoms with E-state index in [1.165, 1.54) is 17.6 Å². The molecule has 0 unspecified atom stereocenters. The van der Waals surface area contributed by atoms with Crippen LogP contribution in [0, 0.1) is 13.8 Å². The Labute approximate surface area is 206 Å². The Morgan fingerprint density at radius 1 is 0.972 bits per heavy atom. The molecule has 4 rings (SSSR count). The molecule has 0 aliphatic heterocycles. The molecule has 0 radical (unpaired) electrons. The number of ether oxygens (including phenoxy) is 3. The van der Waals surface area contributed by atoms with E-state index in [2.05, 4.69) is 0 Å². The van der Waals surface area contributed by atoms with E-state index < -0.39 is 23.3 Å². The van der Waals surface area contributed by atoms with Crippen LogP contribution in [-0.4, -0.2) is 42.4 Å². The van der Waals surface area contributed by atoms with Crippen molar-refractivity contribution in [2.45, 2.75) is 27.7 Å². The summed E-state index contributed by atoms with van der Waals surface area (Å²) in [4.78, 5) is 53.2. The number of nitrogens with zero attached hydrogens (tertiary/aromatic N) is 1. The maximum absolute atomic E-state index is 14.0. The predicted molar refractivity (Wildman–Crippen MR) is 131 cm³/mol. The molecule has 3 heterocycles. The van der Waals surface area contributed by atoms with Crippen molar-refractivity contribution in [3.05, 3.63) is 80.5 Å². The molecule has 0 fully saturated rings. The maximum Gasteiger partial charge on any atom is 0.347 e. The second kappa shape index (κ2) is 9.69. The summed E-state index contributed by atoms with van der Waals surface area (Å²) in [5, 5.41) is 0.453. The number of hydrogen-bond acceptors (Lipinski definition) is 8. The summed E-state index contributed by atoms with van der Waals surface area (Å²) in [5.74, 6) is -2.12. The molecule has 0 saturated carbocycles. The molecule has 9 nitrogen and oxygen atoms in total. The van der Waals surface area contributed by atoms with Crippen molar-refractivity contribution >= 4 is 34.2 Å². The van der Waals surface area contributed by atoms with E-state index in [1.54, 1.807) is 45.2 Å². The van der Waals surface area contributed by atoms with Crippen LogP contribution in [0.3, 0.4) is 0 Å². The van der Waals surface area contributed by atoms with E-state index in [0.717, 1.165) is 5.56 Å². The average molecular weight is 491 g/mol. The summed E-state index contributed by atoms with van der Waals surface area (Å²) in [5.41, 5.74) is 0.139. The summed E-state index contributed by atoms with van der Waals surface area (Å²) in [7, 11) is 1.44. The number of pyridine rings is 1. The number of aromatic nitrogens is 1. The van der Waals surface area contributed by atoms with Crippen molar-refractivity contribution < 1.29 is 33.0 Å². The van der Waals surface area contributed by atoms with Gasteiger partial charge in [-0.2, -0.15) is 0 Å². The lowest BCUT2D eigenvalue weighted by atomic mass is 10.0. The van der Waals surface area contributed by atoms with Crippen molar-refractivity contribution in [2.24, 2.45) is 0 Å². The largest absolute Gasteiger partial charge is 0.493 e. The lowest BCUT2D eigenvalue weighted by Gasteiger charge is -2.08. The molecule has 0 amide bonds. The number of methoxy groups -OCH3 is 1. The second-order valence-electron chi connectivity index (χ2n) is 8.11. The van der Waals surface area contributed by atoms with Crippen molar-refractivity contribution in [3.8, 4) is 5.75 Å². The third-order valence-corrected chi connectivity index (χ3v) is 5.72. The first-order valence-corrected chi connectivity index (χ1v) is 11.4. The Kier molecular flexibility index (Phi) is 6.65. The highest BCUT2D eigenvalue weighted by Crippen LogP contribution is 2.31. The Balaban J connectivity index is 2.10. The van der Waals surface area contributed by atoms with Crippen LogP contribution in [0.15, 0.2) is 45.7 Å². The van der Waals surface area contributed by atoms with Gasteiger partial charge in [-0.3, -0.25) is 4.79 Å². The normalized spacial score (nSPS) is 11.0. The zero-order valence-corrected chi connectivity index (χ0v) is 20.6. The van der Waals surface area contributed by atoms with Gasteiger partial charge in [0.25, 0.3) is 0 Å². The molecule has 0 N–H and O–H groups in total. The van der Waals surface area contributed by atoms with Crippen LogP contribution in [0.25, 0.3) is 16.5 Å². The van der Waals surface area contributed by atoms with Gasteiger partial charge in [0.15, 0.2) is 11.3 Å². The number of benzene rings is 1. The van der Waals surface area contributed by atoms with Gasteiger partial charge < -0.3 is 23.0 Å². The van der Waals surface area contributed by atoms with Crippen molar-refractivity contribution in [1.29, 1.82) is 0 Å². The minimum atomic E-state index is -0.913. The first-order chi connectivity index (χ1) is 17.2. The third-order valence-electron chi connectivity index (χ3n) is 5.72. The molecule has 0 aliphatic rings. The number of esters is 2. The molecule has 0 atom stereocenters. The molecule has 4 aromatic rings. The fraction of sp³-hybridized carbons (Fsp3) is 0.259. The first kappa shape index (κ1) is 24.7. The summed E-state index contributed by atoms with van der Waals surface area (Å²) >= 11 is 0. The summed E-state index contributed by atoms with van der Waals surface area (Å²) < 4.78 is 22.6. The van der Waals surface area contributed by atoms with E-state index in [9.17, 15) is 19.2 Å². The summed E-state index contributed by atoms with van der Waals surface area (Å²) in [6.07, 6.45) is 1.62. The molecule has 36 heavy (non-hydrogen) atoms. The zero-order chi connectivity index (χ0) is 26.1. The SMILES string of the molecule is CCOC(=O)c1c(C(=O)OCC)c2c(C)cc(C)cn2c1C(=O)c1cc2cccc(OC)c2oc1=O. The first-order valence-electron chi connectivity index (χ1n) is 11.4. The monoisotopic (exact) mass is 491 g/mol. The highest BCUT2D eigenvalue weighted by molar-refractivity contribution is 6.20. The third kappa shape index (κ3) is 4.02. The molecular formula is C27H25NO8. The number of rotatable bonds is 7. The number of carbonyl (C=O) groups is 3. The number of aryl methyl sites for hydroxylation is 2. The molecule has 0 spiro atoms. The van der Waals surface area contributed by atoms with Gasteiger partial charge in [0.2, 0.25) is 5.78 Å². The van der Waals surface area contributed by atoms with Gasteiger partial charge in [0.05, 0.1) is 25.8 Å². The average Bonchev–Trinajstić information content (AvgIpc) is 3.18. The molecule has 0 bridgehead atoms. The Morgan fingerprint density at radius 3 is 2.28 bits per heavy atom. The van der Waals surface area contributed by atoms with Gasteiger partial charge in [0, 0.05) is 11.6 Å². The van der Waals surface area contributed by atoms with Crippen molar-refractivity contribution in [1.82, 2.24) is 4.40 Å². The number of para-hydroxylation sites is 1. The Morgan fingerprint density at radius 2 is 1.64 bits per heavy atom. The van der Waals surface area contributed by atoms with Gasteiger partial charge in [0.1, 0.15) is 22.4 Å². The lowest BCUT2D eigenvalue weighted by molar-refractivity contribution is 0.0480. The smallest absolute Gasteiger partial charge is 0.347 e. The topological polar surface area (TPSA) is 114 Å². The quantitative estimate of drug-likeness (QED) is 0.214. The van der Waals surface area contributed by atoms with E-state index in [-0.39, 0.29) is 41.2 Å². The summed E-state index contributed by atoms with van der Waals surface area (Å²) in [6.45, 7) is 6.88. The second-order valence-corrected chi connectivity index (χ2v) is 8.11. The highest BCUT2D eigenvalue weighted by atomic mass is 16.5. The van der Waals surface area contributed by atoms with Gasteiger partial charge >= 0.3 is 17.6 Å². The van der Waals surface area contributed by atoms with E-state index >= 15 is 0 Å². The van der Waals surface area contributed by atoms with Crippen LogP contribution in [0.4, 0.5) is 0 Å². The molecule has 0 saturated heterocycles. The molecular weight excluding hydrogens is 466 g/mol. The van der Waals surface area contributed by atoms with Crippen molar-refractivity contribution in [3.63, 3.8) is 0 Å². The molecule has 1 aromatic carbocycles. The number of ketones is 1. The highest BCUT2D eigenvalue weighted by Gasteiger charge is 2.35. The Hall–Kier alpha value is -4.40. The molecule has 186 valence electrons. The minimum absolute atomic E-state index is 0.0108. The molecule has 3 aromatic heterocycles. The number of hydrogen-bond donors (Lipinski definition) is 0. The minimum Gasteiger partial charge on any atom is -0.493 e. The number of carbonyl (C=O) groups excluding carboxylic acids is 3. The zero-order valence-electron chi connectivity index (χ0n) is 20.6. The number of fused-ring (bicyclic) bond motifs is 2. The maximum atomic E-state index is 14.0. The van der Waals surface area contributed by atoms with Crippen LogP contribution in [0.1, 0.15) is 61.7 Å². The lowest BCUT2D eigenvalue weighted by Crippen LogP contribution is -2.20. The predicted octanol–water partition coefficient (Wildman–Crippen LogP) is 4.26. The summed E-state index contributed by atoms with van der Waals surface area (Å²) in [6, 6.07) is 8.18. The Bertz CT molecular complexity index is 1590. The van der Waals surface area contributed by atoms with Crippen LogP contribution in [0.2, 0.25) is 0 Å². The van der Waals surface area contributed by atoms with Crippen LogP contribution >= 0.6 is 0 Å². The van der Waals surface area contributed by atoms with Crippen molar-refractivity contribution in [2.75, 3.05) is 20.3 Å². The van der Waals surface area contributed by atoms with Gasteiger partial charge in [-0.25, -0.2) is 14.4 Å². The van der Waals surface area contributed by atoms with Crippen LogP contribution in [-0.2, 0) is 9.47 Å². The molecule has 9 heteroatoms. The van der Waals surface area contributed by atoms with E-state index in [1.807, 2.05) is 13.0 Å². The van der Waals surface area contributed by atoms with Gasteiger partial charge in [-0.15, -0.1) is 0 Å². The fourth-order valence-corrected chi connectivity index (χ4v) is 4.35.